The minimum Gasteiger partial charge on any atom is -0.494 e. The number of hydrogen-bond donors (Lipinski definition) is 1. The molecular formula is C26H28FN3O4S. The summed E-state index contributed by atoms with van der Waals surface area (Å²) in [6.07, 6.45) is 2.33. The topological polar surface area (TPSA) is 79.0 Å². The Kier molecular flexibility index (Phi) is 7.55. The zero-order valence-corrected chi connectivity index (χ0v) is 20.3. The monoisotopic (exact) mass is 497 g/mol. The van der Waals surface area contributed by atoms with Crippen LogP contribution in [0.25, 0.3) is 0 Å². The lowest BCUT2D eigenvalue weighted by molar-refractivity contribution is -0.114. The molecule has 9 heteroatoms. The number of sulfonamides is 1. The van der Waals surface area contributed by atoms with Gasteiger partial charge < -0.3 is 15.0 Å². The Hall–Kier alpha value is -3.59. The van der Waals surface area contributed by atoms with Crippen LogP contribution in [0.5, 0.6) is 5.75 Å². The van der Waals surface area contributed by atoms with Gasteiger partial charge in [-0.1, -0.05) is 0 Å². The molecule has 0 aliphatic carbocycles. The molecule has 1 N–H and O–H groups in total. The summed E-state index contributed by atoms with van der Waals surface area (Å²) in [7, 11) is -4.12. The van der Waals surface area contributed by atoms with Gasteiger partial charge in [-0.2, -0.15) is 0 Å². The molecular weight excluding hydrogens is 469 g/mol. The minimum absolute atomic E-state index is 0.00644. The summed E-state index contributed by atoms with van der Waals surface area (Å²) in [4.78, 5) is 15.2. The Morgan fingerprint density at radius 3 is 2.20 bits per heavy atom. The molecule has 0 saturated carbocycles. The van der Waals surface area contributed by atoms with Gasteiger partial charge in [-0.25, -0.2) is 12.8 Å². The second kappa shape index (κ2) is 10.8. The number of amides is 1. The zero-order valence-electron chi connectivity index (χ0n) is 19.5. The summed E-state index contributed by atoms with van der Waals surface area (Å²) in [5, 5.41) is 2.76. The van der Waals surface area contributed by atoms with Crippen LogP contribution in [0.15, 0.2) is 77.7 Å². The molecule has 0 atom stereocenters. The van der Waals surface area contributed by atoms with Crippen LogP contribution in [-0.4, -0.2) is 40.6 Å². The highest BCUT2D eigenvalue weighted by molar-refractivity contribution is 7.92. The molecule has 3 aromatic rings. The number of rotatable bonds is 9. The van der Waals surface area contributed by atoms with Crippen LogP contribution < -0.4 is 19.3 Å². The minimum atomic E-state index is -4.12. The maximum Gasteiger partial charge on any atom is 0.264 e. The van der Waals surface area contributed by atoms with Crippen molar-refractivity contribution >= 4 is 33.0 Å². The first kappa shape index (κ1) is 24.5. The fourth-order valence-corrected chi connectivity index (χ4v) is 5.41. The van der Waals surface area contributed by atoms with E-state index in [9.17, 15) is 17.6 Å². The van der Waals surface area contributed by atoms with E-state index in [-0.39, 0.29) is 10.6 Å². The van der Waals surface area contributed by atoms with Crippen molar-refractivity contribution in [3.05, 3.63) is 78.6 Å². The first-order chi connectivity index (χ1) is 16.9. The molecule has 1 heterocycles. The third-order valence-electron chi connectivity index (χ3n) is 5.75. The van der Waals surface area contributed by atoms with Crippen molar-refractivity contribution in [3.8, 4) is 5.75 Å². The second-order valence-electron chi connectivity index (χ2n) is 8.18. The second-order valence-corrected chi connectivity index (χ2v) is 10.0. The van der Waals surface area contributed by atoms with Gasteiger partial charge in [0.25, 0.3) is 10.0 Å². The summed E-state index contributed by atoms with van der Waals surface area (Å²) >= 11 is 0. The first-order valence-corrected chi connectivity index (χ1v) is 13.0. The fraction of sp³-hybridized carbons (Fsp3) is 0.269. The van der Waals surface area contributed by atoms with Gasteiger partial charge >= 0.3 is 0 Å². The molecule has 35 heavy (non-hydrogen) atoms. The molecule has 1 amide bonds. The van der Waals surface area contributed by atoms with Crippen LogP contribution >= 0.6 is 0 Å². The smallest absolute Gasteiger partial charge is 0.264 e. The van der Waals surface area contributed by atoms with Crippen LogP contribution in [0.1, 0.15) is 19.8 Å². The number of benzene rings is 3. The Morgan fingerprint density at radius 1 is 0.971 bits per heavy atom. The predicted molar refractivity (Wildman–Crippen MR) is 135 cm³/mol. The van der Waals surface area contributed by atoms with Gasteiger partial charge in [-0.15, -0.1) is 0 Å². The molecule has 184 valence electrons. The predicted octanol–water partition coefficient (Wildman–Crippen LogP) is 4.66. The van der Waals surface area contributed by atoms with E-state index in [4.69, 9.17) is 4.74 Å². The van der Waals surface area contributed by atoms with E-state index in [2.05, 4.69) is 10.2 Å². The summed E-state index contributed by atoms with van der Waals surface area (Å²) < 4.78 is 46.8. The highest BCUT2D eigenvalue weighted by Crippen LogP contribution is 2.26. The average molecular weight is 498 g/mol. The lowest BCUT2D eigenvalue weighted by Gasteiger charge is -2.24. The molecule has 1 saturated heterocycles. The summed E-state index contributed by atoms with van der Waals surface area (Å²) in [5.74, 6) is -0.484. The van der Waals surface area contributed by atoms with E-state index in [1.165, 1.54) is 37.1 Å². The molecule has 0 unspecified atom stereocenters. The number of halogens is 1. The number of ether oxygens (including phenoxy) is 1. The highest BCUT2D eigenvalue weighted by Gasteiger charge is 2.27. The third kappa shape index (κ3) is 5.92. The summed E-state index contributed by atoms with van der Waals surface area (Å²) in [6.45, 7) is 3.84. The highest BCUT2D eigenvalue weighted by atomic mass is 32.2. The number of nitrogens with zero attached hydrogens (tertiary/aromatic N) is 2. The molecule has 1 fully saturated rings. The quantitative estimate of drug-likeness (QED) is 0.465. The lowest BCUT2D eigenvalue weighted by Crippen LogP contribution is -2.38. The molecule has 1 aliphatic rings. The van der Waals surface area contributed by atoms with E-state index < -0.39 is 28.3 Å². The van der Waals surface area contributed by atoms with Crippen molar-refractivity contribution < 1.29 is 22.3 Å². The lowest BCUT2D eigenvalue weighted by atomic mass is 10.2. The molecule has 4 rings (SSSR count). The van der Waals surface area contributed by atoms with Crippen molar-refractivity contribution in [2.24, 2.45) is 0 Å². The molecule has 0 spiro atoms. The maximum absolute atomic E-state index is 13.5. The van der Waals surface area contributed by atoms with Gasteiger partial charge in [0.2, 0.25) is 5.91 Å². The number of anilines is 3. The van der Waals surface area contributed by atoms with E-state index >= 15 is 0 Å². The Labute approximate surface area is 205 Å². The average Bonchev–Trinajstić information content (AvgIpc) is 3.39. The molecule has 0 bridgehead atoms. The van der Waals surface area contributed by atoms with Crippen LogP contribution in [0.2, 0.25) is 0 Å². The number of hydrogen-bond acceptors (Lipinski definition) is 5. The standard InChI is InChI=1S/C26H28FN3O4S/c1-2-34-24-13-15-25(16-14-24)35(32,33)30(23-9-5-20(27)6-10-23)19-26(31)28-21-7-11-22(12-8-21)29-17-3-4-18-29/h5-16H,2-4,17-19H2,1H3,(H,28,31). The Balaban J connectivity index is 1.54. The van der Waals surface area contributed by atoms with Crippen molar-refractivity contribution in [1.82, 2.24) is 0 Å². The van der Waals surface area contributed by atoms with Crippen molar-refractivity contribution in [1.29, 1.82) is 0 Å². The van der Waals surface area contributed by atoms with E-state index in [1.807, 2.05) is 19.1 Å². The molecule has 7 nitrogen and oxygen atoms in total. The van der Waals surface area contributed by atoms with Crippen molar-refractivity contribution in [3.63, 3.8) is 0 Å². The van der Waals surface area contributed by atoms with Gasteiger partial charge in [-0.05, 0) is 92.6 Å². The van der Waals surface area contributed by atoms with Gasteiger partial charge in [0, 0.05) is 24.5 Å². The summed E-state index contributed by atoms with van der Waals surface area (Å²) in [6, 6.07) is 18.4. The molecule has 1 aliphatic heterocycles. The van der Waals surface area contributed by atoms with Gasteiger partial charge in [0.05, 0.1) is 17.2 Å². The SMILES string of the molecule is CCOc1ccc(S(=O)(=O)N(CC(=O)Nc2ccc(N3CCCC3)cc2)c2ccc(F)cc2)cc1. The van der Waals surface area contributed by atoms with E-state index in [1.54, 1.807) is 24.3 Å². The van der Waals surface area contributed by atoms with Crippen LogP contribution in [-0.2, 0) is 14.8 Å². The number of carbonyl (C=O) groups excluding carboxylic acids is 1. The number of nitrogens with one attached hydrogen (secondary N) is 1. The van der Waals surface area contributed by atoms with E-state index in [0.29, 0.717) is 18.0 Å². The van der Waals surface area contributed by atoms with Gasteiger partial charge in [-0.3, -0.25) is 9.10 Å². The Bertz CT molecular complexity index is 1240. The Morgan fingerprint density at radius 2 is 1.60 bits per heavy atom. The van der Waals surface area contributed by atoms with Gasteiger partial charge in [0.1, 0.15) is 18.1 Å². The first-order valence-electron chi connectivity index (χ1n) is 11.5. The molecule has 3 aromatic carbocycles. The van der Waals surface area contributed by atoms with Gasteiger partial charge in [0.15, 0.2) is 0 Å². The van der Waals surface area contributed by atoms with Crippen LogP contribution in [0.4, 0.5) is 21.5 Å². The van der Waals surface area contributed by atoms with Crippen LogP contribution in [0, 0.1) is 5.82 Å². The van der Waals surface area contributed by atoms with Crippen molar-refractivity contribution in [2.75, 3.05) is 40.8 Å². The molecule has 0 radical (unpaired) electrons. The molecule has 0 aromatic heterocycles. The summed E-state index contributed by atoms with van der Waals surface area (Å²) in [5.41, 5.74) is 1.83. The largest absolute Gasteiger partial charge is 0.494 e. The maximum atomic E-state index is 13.5. The van der Waals surface area contributed by atoms with Crippen molar-refractivity contribution in [2.45, 2.75) is 24.7 Å². The number of carbonyl (C=O) groups is 1. The van der Waals surface area contributed by atoms with E-state index in [0.717, 1.165) is 35.2 Å². The zero-order chi connectivity index (χ0) is 24.8. The third-order valence-corrected chi connectivity index (χ3v) is 7.53. The van der Waals surface area contributed by atoms with Crippen LogP contribution in [0.3, 0.4) is 0 Å². The fourth-order valence-electron chi connectivity index (χ4n) is 3.99. The normalized spacial score (nSPS) is 13.5.